The molecule has 0 bridgehead atoms. The molecule has 7 heteroatoms. The number of amides is 1. The van der Waals surface area contributed by atoms with E-state index >= 15 is 0 Å². The van der Waals surface area contributed by atoms with E-state index in [0.29, 0.717) is 22.2 Å². The summed E-state index contributed by atoms with van der Waals surface area (Å²) in [7, 11) is 0. The van der Waals surface area contributed by atoms with Gasteiger partial charge in [0.2, 0.25) is 0 Å². The molecule has 1 heterocycles. The van der Waals surface area contributed by atoms with Crippen molar-refractivity contribution in [3.63, 3.8) is 0 Å². The van der Waals surface area contributed by atoms with Gasteiger partial charge in [-0.2, -0.15) is 5.92 Å². The average molecular weight is 493 g/mol. The van der Waals surface area contributed by atoms with E-state index in [9.17, 15) is 4.79 Å². The van der Waals surface area contributed by atoms with Gasteiger partial charge in [0.1, 0.15) is 17.5 Å². The SMILES string of the molecule is Cc1noc(-c2ccc3cc(C#C[C-]4CC4)ccc3c2)c1NC(=O)O[C@H](C)c1ccccc1Cl.[Na+]. The van der Waals surface area contributed by atoms with Crippen LogP contribution in [0.3, 0.4) is 0 Å². The van der Waals surface area contributed by atoms with E-state index in [1.54, 1.807) is 19.9 Å². The molecule has 170 valence electrons. The quantitative estimate of drug-likeness (QED) is 0.259. The molecule has 1 fully saturated rings. The fourth-order valence-corrected chi connectivity index (χ4v) is 3.98. The van der Waals surface area contributed by atoms with E-state index in [0.717, 1.165) is 40.3 Å². The fraction of sp³-hybridized carbons (Fsp3) is 0.179. The molecule has 3 aromatic carbocycles. The van der Waals surface area contributed by atoms with Crippen molar-refractivity contribution in [3.8, 4) is 23.2 Å². The normalized spacial score (nSPS) is 12.8. The Bertz CT molecular complexity index is 1450. The molecule has 0 unspecified atom stereocenters. The minimum atomic E-state index is -0.613. The Labute approximate surface area is 231 Å². The molecule has 0 spiro atoms. The van der Waals surface area contributed by atoms with Crippen LogP contribution in [0.5, 0.6) is 0 Å². The zero-order chi connectivity index (χ0) is 23.7. The maximum Gasteiger partial charge on any atom is 1.00 e. The number of ether oxygens (including phenoxy) is 1. The number of nitrogens with zero attached hydrogens (tertiary/aromatic N) is 1. The van der Waals surface area contributed by atoms with Gasteiger partial charge in [-0.15, -0.1) is 12.8 Å². The zero-order valence-electron chi connectivity index (χ0n) is 19.8. The molecule has 5 rings (SSSR count). The van der Waals surface area contributed by atoms with Crippen LogP contribution in [0.15, 0.2) is 65.2 Å². The third-order valence-electron chi connectivity index (χ3n) is 5.70. The molecule has 1 amide bonds. The van der Waals surface area contributed by atoms with Crippen molar-refractivity contribution >= 4 is 34.2 Å². The van der Waals surface area contributed by atoms with Gasteiger partial charge in [-0.25, -0.2) is 4.79 Å². The molecule has 1 aliphatic carbocycles. The predicted molar refractivity (Wildman–Crippen MR) is 134 cm³/mol. The van der Waals surface area contributed by atoms with Gasteiger partial charge in [0.15, 0.2) is 5.76 Å². The number of rotatable bonds is 4. The Morgan fingerprint density at radius 2 is 1.89 bits per heavy atom. The van der Waals surface area contributed by atoms with Gasteiger partial charge in [-0.05, 0) is 36.8 Å². The molecule has 0 radical (unpaired) electrons. The Balaban J connectivity index is 0.00000289. The van der Waals surface area contributed by atoms with E-state index in [4.69, 9.17) is 20.9 Å². The molecular formula is C28H22ClN2NaO3. The maximum absolute atomic E-state index is 12.6. The van der Waals surface area contributed by atoms with Crippen molar-refractivity contribution in [2.24, 2.45) is 0 Å². The van der Waals surface area contributed by atoms with E-state index in [2.05, 4.69) is 28.4 Å². The van der Waals surface area contributed by atoms with Crippen molar-refractivity contribution in [3.05, 3.63) is 88.4 Å². The molecule has 1 aliphatic rings. The molecule has 4 aromatic rings. The minimum Gasteiger partial charge on any atom is -0.441 e. The standard InChI is InChI=1S/C28H22ClN2O3.Na/c1-17-26(30-28(32)33-18(2)24-5-3-4-6-25(24)29)27(34-31-17)23-14-13-21-15-20(10-9-19-7-8-19)11-12-22(21)16-23;/h3-6,11-16,18H,7-8H2,1-2H3,(H,30,32);/q-1;+1/t18-;/m1./s1. The van der Waals surface area contributed by atoms with E-state index in [-0.39, 0.29) is 29.6 Å². The summed E-state index contributed by atoms with van der Waals surface area (Å²) in [6, 6.07) is 19.4. The van der Waals surface area contributed by atoms with Crippen LogP contribution >= 0.6 is 11.6 Å². The van der Waals surface area contributed by atoms with E-state index in [1.807, 2.05) is 48.5 Å². The molecule has 0 aliphatic heterocycles. The summed E-state index contributed by atoms with van der Waals surface area (Å²) in [5.41, 5.74) is 3.55. The number of hydrogen-bond donors (Lipinski definition) is 1. The topological polar surface area (TPSA) is 64.4 Å². The number of nitrogens with one attached hydrogen (secondary N) is 1. The van der Waals surface area contributed by atoms with Gasteiger partial charge >= 0.3 is 35.7 Å². The number of fused-ring (bicyclic) bond motifs is 1. The van der Waals surface area contributed by atoms with Crippen LogP contribution in [-0.2, 0) is 4.74 Å². The van der Waals surface area contributed by atoms with Crippen molar-refractivity contribution in [1.82, 2.24) is 5.16 Å². The smallest absolute Gasteiger partial charge is 0.441 e. The second kappa shape index (κ2) is 10.8. The molecule has 5 nitrogen and oxygen atoms in total. The first-order chi connectivity index (χ1) is 16.5. The molecule has 35 heavy (non-hydrogen) atoms. The Kier molecular flexibility index (Phi) is 7.78. The third-order valence-corrected chi connectivity index (χ3v) is 6.05. The number of hydrogen-bond acceptors (Lipinski definition) is 4. The Morgan fingerprint density at radius 3 is 2.66 bits per heavy atom. The monoisotopic (exact) mass is 492 g/mol. The summed E-state index contributed by atoms with van der Waals surface area (Å²) in [5, 5.41) is 9.50. The number of carbonyl (C=O) groups is 1. The van der Waals surface area contributed by atoms with Crippen LogP contribution in [0.25, 0.3) is 22.1 Å². The first-order valence-electron chi connectivity index (χ1n) is 11.1. The van der Waals surface area contributed by atoms with Crippen LogP contribution in [0, 0.1) is 24.7 Å². The van der Waals surface area contributed by atoms with Gasteiger partial charge in [0.25, 0.3) is 0 Å². The van der Waals surface area contributed by atoms with Crippen molar-refractivity contribution in [1.29, 1.82) is 0 Å². The summed E-state index contributed by atoms with van der Waals surface area (Å²) in [4.78, 5) is 12.6. The van der Waals surface area contributed by atoms with Crippen LogP contribution in [0.2, 0.25) is 5.02 Å². The van der Waals surface area contributed by atoms with Crippen LogP contribution in [0.4, 0.5) is 10.5 Å². The van der Waals surface area contributed by atoms with Gasteiger partial charge < -0.3 is 9.26 Å². The Hall–Kier alpha value is -2.88. The number of aryl methyl sites for hydroxylation is 1. The maximum atomic E-state index is 12.6. The van der Waals surface area contributed by atoms with Crippen molar-refractivity contribution in [2.75, 3.05) is 5.32 Å². The summed E-state index contributed by atoms with van der Waals surface area (Å²) in [6.07, 6.45) is 1.12. The zero-order valence-corrected chi connectivity index (χ0v) is 22.6. The average Bonchev–Trinajstić information content (AvgIpc) is 3.60. The first kappa shape index (κ1) is 25.2. The van der Waals surface area contributed by atoms with E-state index in [1.165, 1.54) is 5.92 Å². The largest absolute Gasteiger partial charge is 1.00 e. The summed E-state index contributed by atoms with van der Waals surface area (Å²) < 4.78 is 11.1. The number of anilines is 1. The van der Waals surface area contributed by atoms with Gasteiger partial charge in [0, 0.05) is 16.1 Å². The van der Waals surface area contributed by atoms with Gasteiger partial charge in [-0.3, -0.25) is 17.2 Å². The molecule has 1 saturated carbocycles. The van der Waals surface area contributed by atoms with Crippen LogP contribution in [0.1, 0.15) is 42.7 Å². The number of halogens is 1. The number of benzene rings is 3. The Morgan fingerprint density at radius 1 is 1.14 bits per heavy atom. The van der Waals surface area contributed by atoms with Crippen molar-refractivity contribution < 1.29 is 43.6 Å². The molecule has 1 aromatic heterocycles. The van der Waals surface area contributed by atoms with Crippen molar-refractivity contribution in [2.45, 2.75) is 32.8 Å². The van der Waals surface area contributed by atoms with Crippen LogP contribution < -0.4 is 34.9 Å². The molecular weight excluding hydrogens is 471 g/mol. The van der Waals surface area contributed by atoms with Gasteiger partial charge in [-0.1, -0.05) is 70.9 Å². The molecule has 1 N–H and O–H groups in total. The summed E-state index contributed by atoms with van der Waals surface area (Å²) in [6.45, 7) is 3.54. The number of carbonyl (C=O) groups excluding carboxylic acids is 1. The second-order valence-corrected chi connectivity index (χ2v) is 8.70. The first-order valence-corrected chi connectivity index (χ1v) is 11.4. The number of aromatic nitrogens is 1. The summed E-state index contributed by atoms with van der Waals surface area (Å²) in [5.74, 6) is 8.22. The van der Waals surface area contributed by atoms with Crippen LogP contribution in [-0.4, -0.2) is 11.2 Å². The molecule has 0 saturated heterocycles. The fourth-order valence-electron chi connectivity index (χ4n) is 3.69. The second-order valence-electron chi connectivity index (χ2n) is 8.30. The third kappa shape index (κ3) is 5.86. The summed E-state index contributed by atoms with van der Waals surface area (Å²) >= 11 is 6.22. The minimum absolute atomic E-state index is 0. The predicted octanol–water partition coefficient (Wildman–Crippen LogP) is 4.49. The van der Waals surface area contributed by atoms with Gasteiger partial charge in [0.05, 0.1) is 0 Å². The molecule has 1 atom stereocenters. The van der Waals surface area contributed by atoms with E-state index < -0.39 is 12.2 Å².